The van der Waals surface area contributed by atoms with Crippen LogP contribution < -0.4 is 9.47 Å². The zero-order valence-corrected chi connectivity index (χ0v) is 11.8. The Morgan fingerprint density at radius 2 is 2.06 bits per heavy atom. The average Bonchev–Trinajstić information content (AvgIpc) is 2.84. The molecule has 0 atom stereocenters. The quantitative estimate of drug-likeness (QED) is 0.755. The summed E-state index contributed by atoms with van der Waals surface area (Å²) in [4.78, 5) is 0. The van der Waals surface area contributed by atoms with E-state index in [0.29, 0.717) is 12.7 Å². The predicted octanol–water partition coefficient (Wildman–Crippen LogP) is 4.30. The van der Waals surface area contributed by atoms with Crippen molar-refractivity contribution in [3.05, 3.63) is 23.8 Å². The Hall–Kier alpha value is -0.700. The van der Waals surface area contributed by atoms with E-state index in [1.165, 1.54) is 31.2 Å². The fraction of sp³-hybridized carbons (Fsp3) is 0.571. The lowest BCUT2D eigenvalue weighted by atomic mass is 10.2. The van der Waals surface area contributed by atoms with E-state index >= 15 is 0 Å². The molecule has 0 spiro atoms. The molecule has 0 N–H and O–H groups in total. The Kier molecular flexibility index (Phi) is 4.72. The Balaban J connectivity index is 2.20. The van der Waals surface area contributed by atoms with E-state index in [1.54, 1.807) is 0 Å². The van der Waals surface area contributed by atoms with Crippen molar-refractivity contribution in [1.29, 1.82) is 0 Å². The summed E-state index contributed by atoms with van der Waals surface area (Å²) in [5.74, 6) is 1.80. The van der Waals surface area contributed by atoms with Crippen molar-refractivity contribution < 1.29 is 9.47 Å². The van der Waals surface area contributed by atoms with Crippen LogP contribution in [0.4, 0.5) is 0 Å². The number of hydrogen-bond acceptors (Lipinski definition) is 2. The Morgan fingerprint density at radius 1 is 1.29 bits per heavy atom. The van der Waals surface area contributed by atoms with Crippen molar-refractivity contribution in [3.63, 3.8) is 0 Å². The van der Waals surface area contributed by atoms with E-state index in [4.69, 9.17) is 9.47 Å². The maximum atomic E-state index is 6.13. The molecular formula is C14H19BrO2. The van der Waals surface area contributed by atoms with Gasteiger partial charge in [0.2, 0.25) is 0 Å². The molecule has 0 amide bonds. The minimum Gasteiger partial charge on any atom is -0.490 e. The van der Waals surface area contributed by atoms with Gasteiger partial charge < -0.3 is 9.47 Å². The van der Waals surface area contributed by atoms with Gasteiger partial charge >= 0.3 is 0 Å². The third-order valence-corrected chi connectivity index (χ3v) is 3.70. The molecule has 17 heavy (non-hydrogen) atoms. The summed E-state index contributed by atoms with van der Waals surface area (Å²) in [6.07, 6.45) is 5.27. The number of hydrogen-bond donors (Lipinski definition) is 0. The van der Waals surface area contributed by atoms with Crippen LogP contribution in [-0.2, 0) is 5.33 Å². The number of rotatable bonds is 5. The molecule has 2 nitrogen and oxygen atoms in total. The van der Waals surface area contributed by atoms with Gasteiger partial charge in [-0.05, 0) is 38.7 Å². The SMILES string of the molecule is CCOc1cccc(CBr)c1OC1CCCC1. The van der Waals surface area contributed by atoms with Crippen molar-refractivity contribution in [3.8, 4) is 11.5 Å². The Labute approximate surface area is 111 Å². The van der Waals surface area contributed by atoms with Crippen LogP contribution in [0.5, 0.6) is 11.5 Å². The highest BCUT2D eigenvalue weighted by Gasteiger charge is 2.20. The molecule has 1 saturated carbocycles. The zero-order chi connectivity index (χ0) is 12.1. The molecule has 1 aromatic rings. The Bertz CT molecular complexity index is 359. The molecule has 0 radical (unpaired) electrons. The largest absolute Gasteiger partial charge is 0.490 e. The number of alkyl halides is 1. The molecule has 1 aromatic carbocycles. The molecule has 0 aromatic heterocycles. The third-order valence-electron chi connectivity index (χ3n) is 3.09. The molecule has 0 aliphatic heterocycles. The first-order chi connectivity index (χ1) is 8.35. The molecule has 1 aliphatic rings. The van der Waals surface area contributed by atoms with Crippen LogP contribution in [0.3, 0.4) is 0 Å². The lowest BCUT2D eigenvalue weighted by Gasteiger charge is -2.19. The predicted molar refractivity (Wildman–Crippen MR) is 73.1 cm³/mol. The molecule has 3 heteroatoms. The molecule has 2 rings (SSSR count). The summed E-state index contributed by atoms with van der Waals surface area (Å²) in [5, 5.41) is 0.802. The minimum absolute atomic E-state index is 0.370. The maximum absolute atomic E-state index is 6.13. The standard InChI is InChI=1S/C14H19BrO2/c1-2-16-13-9-5-6-11(10-15)14(13)17-12-7-3-4-8-12/h5-6,9,12H,2-4,7-8,10H2,1H3. The molecule has 0 heterocycles. The van der Waals surface area contributed by atoms with Crippen LogP contribution in [0, 0.1) is 0 Å². The first-order valence-corrected chi connectivity index (χ1v) is 7.44. The second-order valence-corrected chi connectivity index (χ2v) is 4.90. The second kappa shape index (κ2) is 6.29. The van der Waals surface area contributed by atoms with Gasteiger partial charge in [0.05, 0.1) is 12.7 Å². The Morgan fingerprint density at radius 3 is 2.71 bits per heavy atom. The van der Waals surface area contributed by atoms with Crippen molar-refractivity contribution in [2.75, 3.05) is 6.61 Å². The minimum atomic E-state index is 0.370. The fourth-order valence-electron chi connectivity index (χ4n) is 2.24. The highest BCUT2D eigenvalue weighted by Crippen LogP contribution is 2.35. The van der Waals surface area contributed by atoms with E-state index in [9.17, 15) is 0 Å². The van der Waals surface area contributed by atoms with Crippen LogP contribution >= 0.6 is 15.9 Å². The zero-order valence-electron chi connectivity index (χ0n) is 10.2. The van der Waals surface area contributed by atoms with E-state index in [1.807, 2.05) is 19.1 Å². The molecule has 0 unspecified atom stereocenters. The highest BCUT2D eigenvalue weighted by molar-refractivity contribution is 9.08. The van der Waals surface area contributed by atoms with E-state index in [2.05, 4.69) is 22.0 Å². The summed E-state index contributed by atoms with van der Waals surface area (Å²) in [6, 6.07) is 6.09. The highest BCUT2D eigenvalue weighted by atomic mass is 79.9. The summed E-state index contributed by atoms with van der Waals surface area (Å²) < 4.78 is 11.8. The van der Waals surface area contributed by atoms with Gasteiger partial charge in [0.25, 0.3) is 0 Å². The van der Waals surface area contributed by atoms with E-state index < -0.39 is 0 Å². The van der Waals surface area contributed by atoms with Crippen molar-refractivity contribution in [2.45, 2.75) is 44.0 Å². The van der Waals surface area contributed by atoms with Crippen LogP contribution in [-0.4, -0.2) is 12.7 Å². The van der Waals surface area contributed by atoms with Crippen LogP contribution in [0.2, 0.25) is 0 Å². The smallest absolute Gasteiger partial charge is 0.165 e. The molecular weight excluding hydrogens is 280 g/mol. The van der Waals surface area contributed by atoms with Gasteiger partial charge in [-0.1, -0.05) is 28.1 Å². The monoisotopic (exact) mass is 298 g/mol. The number of benzene rings is 1. The van der Waals surface area contributed by atoms with E-state index in [0.717, 1.165) is 16.8 Å². The number of para-hydroxylation sites is 1. The summed E-state index contributed by atoms with van der Waals surface area (Å²) in [5.41, 5.74) is 1.17. The number of ether oxygens (including phenoxy) is 2. The third kappa shape index (κ3) is 3.15. The van der Waals surface area contributed by atoms with Crippen LogP contribution in [0.15, 0.2) is 18.2 Å². The topological polar surface area (TPSA) is 18.5 Å². The van der Waals surface area contributed by atoms with Gasteiger partial charge in [0.1, 0.15) is 0 Å². The van der Waals surface area contributed by atoms with Crippen LogP contribution in [0.25, 0.3) is 0 Å². The lowest BCUT2D eigenvalue weighted by molar-refractivity contribution is 0.195. The summed E-state index contributed by atoms with van der Waals surface area (Å²) in [7, 11) is 0. The summed E-state index contributed by atoms with van der Waals surface area (Å²) >= 11 is 3.51. The molecule has 1 aliphatic carbocycles. The molecule has 0 bridgehead atoms. The average molecular weight is 299 g/mol. The van der Waals surface area contributed by atoms with Gasteiger partial charge in [-0.25, -0.2) is 0 Å². The lowest BCUT2D eigenvalue weighted by Crippen LogP contribution is -2.13. The second-order valence-electron chi connectivity index (χ2n) is 4.34. The number of halogens is 1. The van der Waals surface area contributed by atoms with E-state index in [-0.39, 0.29) is 0 Å². The van der Waals surface area contributed by atoms with Crippen LogP contribution in [0.1, 0.15) is 38.2 Å². The molecule has 1 fully saturated rings. The summed E-state index contributed by atoms with van der Waals surface area (Å²) in [6.45, 7) is 2.67. The van der Waals surface area contributed by atoms with Gasteiger partial charge in [0.15, 0.2) is 11.5 Å². The first kappa shape index (κ1) is 12.7. The van der Waals surface area contributed by atoms with Crippen molar-refractivity contribution in [2.24, 2.45) is 0 Å². The normalized spacial score (nSPS) is 16.1. The first-order valence-electron chi connectivity index (χ1n) is 6.32. The van der Waals surface area contributed by atoms with Gasteiger partial charge in [0, 0.05) is 10.9 Å². The van der Waals surface area contributed by atoms with Crippen molar-refractivity contribution >= 4 is 15.9 Å². The molecule has 94 valence electrons. The maximum Gasteiger partial charge on any atom is 0.165 e. The van der Waals surface area contributed by atoms with Gasteiger partial charge in [-0.2, -0.15) is 0 Å². The molecule has 0 saturated heterocycles. The van der Waals surface area contributed by atoms with Gasteiger partial charge in [-0.15, -0.1) is 0 Å². The fourth-order valence-corrected chi connectivity index (χ4v) is 2.68. The van der Waals surface area contributed by atoms with Crippen molar-refractivity contribution in [1.82, 2.24) is 0 Å². The van der Waals surface area contributed by atoms with Gasteiger partial charge in [-0.3, -0.25) is 0 Å².